The van der Waals surface area contributed by atoms with Gasteiger partial charge in [0.05, 0.1) is 11.3 Å². The molecule has 0 bridgehead atoms. The lowest BCUT2D eigenvalue weighted by Gasteiger charge is -2.08. The summed E-state index contributed by atoms with van der Waals surface area (Å²) < 4.78 is 5.44. The van der Waals surface area contributed by atoms with Crippen LogP contribution < -0.4 is 10.6 Å². The summed E-state index contributed by atoms with van der Waals surface area (Å²) in [6.07, 6.45) is 0. The van der Waals surface area contributed by atoms with Gasteiger partial charge >= 0.3 is 6.01 Å². The molecule has 1 aromatic heterocycles. The lowest BCUT2D eigenvalue weighted by atomic mass is 10.1. The molecule has 3 aromatic rings. The van der Waals surface area contributed by atoms with Gasteiger partial charge in [0.1, 0.15) is 0 Å². The molecule has 0 saturated carbocycles. The van der Waals surface area contributed by atoms with E-state index in [1.54, 1.807) is 24.3 Å². The molecule has 0 fully saturated rings. The molecule has 0 aliphatic heterocycles. The minimum Gasteiger partial charge on any atom is -0.403 e. The van der Waals surface area contributed by atoms with Crippen molar-refractivity contribution in [2.24, 2.45) is 0 Å². The number of rotatable bonds is 4. The van der Waals surface area contributed by atoms with E-state index in [2.05, 4.69) is 20.8 Å². The molecule has 0 aliphatic carbocycles. The van der Waals surface area contributed by atoms with Crippen molar-refractivity contribution < 1.29 is 14.0 Å². The van der Waals surface area contributed by atoms with Crippen molar-refractivity contribution in [1.82, 2.24) is 10.2 Å². The van der Waals surface area contributed by atoms with E-state index < -0.39 is 5.91 Å². The maximum atomic E-state index is 12.4. The fraction of sp³-hybridized carbons (Fsp3) is 0.0588. The summed E-state index contributed by atoms with van der Waals surface area (Å²) in [6.45, 7) is 1.37. The van der Waals surface area contributed by atoms with E-state index in [4.69, 9.17) is 4.42 Å². The van der Waals surface area contributed by atoms with E-state index in [-0.39, 0.29) is 11.9 Å². The van der Waals surface area contributed by atoms with Crippen molar-refractivity contribution >= 4 is 23.5 Å². The fourth-order valence-electron chi connectivity index (χ4n) is 2.12. The lowest BCUT2D eigenvalue weighted by Crippen LogP contribution is -2.16. The van der Waals surface area contributed by atoms with Gasteiger partial charge in [0.15, 0.2) is 0 Å². The third-order valence-corrected chi connectivity index (χ3v) is 3.15. The highest BCUT2D eigenvalue weighted by molar-refractivity contribution is 6.09. The molecular weight excluding hydrogens is 308 g/mol. The number of benzene rings is 2. The second kappa shape index (κ2) is 6.74. The molecule has 24 heavy (non-hydrogen) atoms. The van der Waals surface area contributed by atoms with Gasteiger partial charge in [-0.3, -0.25) is 14.9 Å². The summed E-state index contributed by atoms with van der Waals surface area (Å²) in [6, 6.07) is 15.9. The highest BCUT2D eigenvalue weighted by atomic mass is 16.4. The van der Waals surface area contributed by atoms with Gasteiger partial charge in [0.25, 0.3) is 5.91 Å². The minimum absolute atomic E-state index is 0.0171. The number of anilines is 2. The monoisotopic (exact) mass is 322 g/mol. The maximum Gasteiger partial charge on any atom is 0.322 e. The Kier molecular flexibility index (Phi) is 4.33. The van der Waals surface area contributed by atoms with Crippen LogP contribution in [-0.2, 0) is 4.79 Å². The van der Waals surface area contributed by atoms with Crippen LogP contribution in [0.4, 0.5) is 11.7 Å². The third-order valence-electron chi connectivity index (χ3n) is 3.15. The molecule has 0 atom stereocenters. The van der Waals surface area contributed by atoms with Crippen molar-refractivity contribution in [3.8, 4) is 11.5 Å². The summed E-state index contributed by atoms with van der Waals surface area (Å²) in [4.78, 5) is 23.6. The number of hydrogen-bond acceptors (Lipinski definition) is 5. The molecular formula is C17H14N4O3. The first-order valence-corrected chi connectivity index (χ1v) is 7.20. The predicted octanol–water partition coefficient (Wildman–Crippen LogP) is 2.95. The molecule has 1 heterocycles. The Labute approximate surface area is 137 Å². The van der Waals surface area contributed by atoms with Gasteiger partial charge in [-0.15, -0.1) is 5.10 Å². The van der Waals surface area contributed by atoms with Gasteiger partial charge in [-0.05, 0) is 24.3 Å². The van der Waals surface area contributed by atoms with E-state index in [1.807, 2.05) is 30.3 Å². The van der Waals surface area contributed by atoms with Crippen LogP contribution in [0.15, 0.2) is 59.0 Å². The fourth-order valence-corrected chi connectivity index (χ4v) is 2.12. The molecule has 2 N–H and O–H groups in total. The van der Waals surface area contributed by atoms with E-state index in [1.165, 1.54) is 6.92 Å². The van der Waals surface area contributed by atoms with Crippen LogP contribution in [0, 0.1) is 0 Å². The van der Waals surface area contributed by atoms with E-state index >= 15 is 0 Å². The van der Waals surface area contributed by atoms with Gasteiger partial charge in [-0.1, -0.05) is 35.4 Å². The topological polar surface area (TPSA) is 97.1 Å². The molecule has 7 heteroatoms. The van der Waals surface area contributed by atoms with Crippen LogP contribution in [0.3, 0.4) is 0 Å². The first kappa shape index (κ1) is 15.4. The van der Waals surface area contributed by atoms with Crippen LogP contribution in [0.1, 0.15) is 17.3 Å². The zero-order valence-electron chi connectivity index (χ0n) is 12.8. The standard InChI is InChI=1S/C17H14N4O3/c1-11(22)18-14-10-6-5-9-13(14)15(23)19-17-21-20-16(24-17)12-7-3-2-4-8-12/h2-10H,1H3,(H,18,22)(H,19,21,23). The number of carbonyl (C=O) groups is 2. The first-order chi connectivity index (χ1) is 11.6. The number of para-hydroxylation sites is 1. The molecule has 0 spiro atoms. The third kappa shape index (κ3) is 3.46. The molecule has 120 valence electrons. The highest BCUT2D eigenvalue weighted by Gasteiger charge is 2.15. The van der Waals surface area contributed by atoms with Gasteiger partial charge in [0.2, 0.25) is 11.8 Å². The number of nitrogens with one attached hydrogen (secondary N) is 2. The number of hydrogen-bond donors (Lipinski definition) is 2. The SMILES string of the molecule is CC(=O)Nc1ccccc1C(=O)Nc1nnc(-c2ccccc2)o1. The maximum absolute atomic E-state index is 12.4. The second-order valence-corrected chi connectivity index (χ2v) is 4.96. The zero-order valence-corrected chi connectivity index (χ0v) is 12.8. The number of nitrogens with zero attached hydrogens (tertiary/aromatic N) is 2. The number of amides is 2. The Morgan fingerprint density at radius 3 is 2.38 bits per heavy atom. The number of aromatic nitrogens is 2. The van der Waals surface area contributed by atoms with Gasteiger partial charge < -0.3 is 9.73 Å². The normalized spacial score (nSPS) is 10.2. The van der Waals surface area contributed by atoms with Gasteiger partial charge in [-0.25, -0.2) is 0 Å². The van der Waals surface area contributed by atoms with Crippen LogP contribution in [-0.4, -0.2) is 22.0 Å². The van der Waals surface area contributed by atoms with Crippen molar-refractivity contribution in [2.75, 3.05) is 10.6 Å². The lowest BCUT2D eigenvalue weighted by molar-refractivity contribution is -0.114. The largest absolute Gasteiger partial charge is 0.403 e. The predicted molar refractivity (Wildman–Crippen MR) is 88.4 cm³/mol. The smallest absolute Gasteiger partial charge is 0.322 e. The molecule has 0 unspecified atom stereocenters. The Bertz CT molecular complexity index is 874. The summed E-state index contributed by atoms with van der Waals surface area (Å²) in [5.41, 5.74) is 1.46. The molecule has 0 radical (unpaired) electrons. The van der Waals surface area contributed by atoms with Crippen molar-refractivity contribution in [3.63, 3.8) is 0 Å². The molecule has 7 nitrogen and oxygen atoms in total. The average molecular weight is 322 g/mol. The van der Waals surface area contributed by atoms with E-state index in [0.29, 0.717) is 17.1 Å². The summed E-state index contributed by atoms with van der Waals surface area (Å²) in [5.74, 6) is -0.414. The second-order valence-electron chi connectivity index (χ2n) is 4.96. The molecule has 2 aromatic carbocycles. The van der Waals surface area contributed by atoms with Crippen LogP contribution in [0.5, 0.6) is 0 Å². The summed E-state index contributed by atoms with van der Waals surface area (Å²) in [5, 5.41) is 12.9. The summed E-state index contributed by atoms with van der Waals surface area (Å²) >= 11 is 0. The molecule has 0 aliphatic rings. The number of carbonyl (C=O) groups excluding carboxylic acids is 2. The molecule has 3 rings (SSSR count). The van der Waals surface area contributed by atoms with Crippen LogP contribution >= 0.6 is 0 Å². The molecule has 0 saturated heterocycles. The zero-order chi connectivity index (χ0) is 16.9. The Morgan fingerprint density at radius 2 is 1.62 bits per heavy atom. The Balaban J connectivity index is 1.79. The van der Waals surface area contributed by atoms with E-state index in [9.17, 15) is 9.59 Å². The van der Waals surface area contributed by atoms with Crippen molar-refractivity contribution in [1.29, 1.82) is 0 Å². The van der Waals surface area contributed by atoms with Gasteiger partial charge in [0, 0.05) is 12.5 Å². The van der Waals surface area contributed by atoms with Crippen molar-refractivity contribution in [2.45, 2.75) is 6.92 Å². The van der Waals surface area contributed by atoms with Crippen LogP contribution in [0.2, 0.25) is 0 Å². The first-order valence-electron chi connectivity index (χ1n) is 7.20. The minimum atomic E-state index is -0.456. The van der Waals surface area contributed by atoms with Gasteiger partial charge in [-0.2, -0.15) is 0 Å². The Hall–Kier alpha value is -3.48. The highest BCUT2D eigenvalue weighted by Crippen LogP contribution is 2.21. The molecule has 2 amide bonds. The van der Waals surface area contributed by atoms with Crippen molar-refractivity contribution in [3.05, 3.63) is 60.2 Å². The average Bonchev–Trinajstić information content (AvgIpc) is 3.04. The van der Waals surface area contributed by atoms with Crippen LogP contribution in [0.25, 0.3) is 11.5 Å². The summed E-state index contributed by atoms with van der Waals surface area (Å²) in [7, 11) is 0. The Morgan fingerprint density at radius 1 is 0.917 bits per heavy atom. The van der Waals surface area contributed by atoms with E-state index in [0.717, 1.165) is 5.56 Å². The quantitative estimate of drug-likeness (QED) is 0.769.